The molecule has 2 aromatic heterocycles. The summed E-state index contributed by atoms with van der Waals surface area (Å²) in [5.41, 5.74) is 2.01. The Balaban J connectivity index is 1.72. The highest BCUT2D eigenvalue weighted by molar-refractivity contribution is 7.99. The van der Waals surface area contributed by atoms with Crippen LogP contribution in [0.25, 0.3) is 0 Å². The molecule has 0 aromatic carbocycles. The molecular formula is C14H20N6O2S. The molecule has 0 spiro atoms. The summed E-state index contributed by atoms with van der Waals surface area (Å²) in [4.78, 5) is 33.8. The van der Waals surface area contributed by atoms with E-state index >= 15 is 0 Å². The zero-order chi connectivity index (χ0) is 16.8. The minimum atomic E-state index is -0.354. The number of aromatic nitrogens is 5. The number of nitrogens with zero attached hydrogens (tertiary/aromatic N) is 3. The molecule has 9 heteroatoms. The maximum atomic E-state index is 11.9. The fourth-order valence-corrected chi connectivity index (χ4v) is 2.87. The van der Waals surface area contributed by atoms with E-state index < -0.39 is 0 Å². The maximum absolute atomic E-state index is 11.9. The van der Waals surface area contributed by atoms with Crippen molar-refractivity contribution < 1.29 is 4.79 Å². The summed E-state index contributed by atoms with van der Waals surface area (Å²) in [7, 11) is 0. The lowest BCUT2D eigenvalue weighted by molar-refractivity contribution is -0.120. The van der Waals surface area contributed by atoms with Gasteiger partial charge in [-0.05, 0) is 32.8 Å². The largest absolute Gasteiger partial charge is 0.355 e. The highest BCUT2D eigenvalue weighted by Gasteiger charge is 2.09. The van der Waals surface area contributed by atoms with Gasteiger partial charge in [-0.3, -0.25) is 9.89 Å². The van der Waals surface area contributed by atoms with Crippen molar-refractivity contribution in [2.24, 2.45) is 0 Å². The van der Waals surface area contributed by atoms with Crippen LogP contribution in [0.1, 0.15) is 29.2 Å². The van der Waals surface area contributed by atoms with Crippen LogP contribution >= 0.6 is 11.8 Å². The highest BCUT2D eigenvalue weighted by Crippen LogP contribution is 2.11. The molecule has 2 rings (SSSR count). The smallest absolute Gasteiger partial charge is 0.345 e. The normalized spacial score (nSPS) is 10.7. The van der Waals surface area contributed by atoms with Crippen LogP contribution < -0.4 is 11.0 Å². The second-order valence-electron chi connectivity index (χ2n) is 5.13. The molecule has 0 aliphatic carbocycles. The number of carbonyl (C=O) groups excluding carboxylic acids is 1. The number of rotatable bonds is 7. The molecule has 1 amide bonds. The van der Waals surface area contributed by atoms with Gasteiger partial charge in [-0.15, -0.1) is 5.10 Å². The Labute approximate surface area is 137 Å². The number of H-pyrrole nitrogens is 2. The molecule has 8 nitrogen and oxygen atoms in total. The minimum absolute atomic E-state index is 0.0261. The second-order valence-corrected chi connectivity index (χ2v) is 6.19. The molecule has 0 atom stereocenters. The van der Waals surface area contributed by atoms with E-state index in [1.54, 1.807) is 6.92 Å². The Bertz CT molecular complexity index is 713. The molecule has 0 radical (unpaired) electrons. The van der Waals surface area contributed by atoms with E-state index in [1.165, 1.54) is 11.8 Å². The van der Waals surface area contributed by atoms with Crippen LogP contribution in [-0.2, 0) is 11.2 Å². The number of aryl methyl sites for hydroxylation is 3. The van der Waals surface area contributed by atoms with Crippen LogP contribution in [0.3, 0.4) is 0 Å². The fraction of sp³-hybridized carbons (Fsp3) is 0.500. The van der Waals surface area contributed by atoms with Gasteiger partial charge in [0.25, 0.3) is 0 Å². The summed E-state index contributed by atoms with van der Waals surface area (Å²) < 4.78 is 0. The standard InChI is InChI=1S/C14H20N6O2S/c1-8-11(9(2)17-13(22)16-8)4-5-12(21)15-6-7-23-14-18-10(3)19-20-14/h4-7H2,1-3H3,(H,15,21)(H,16,17,22)(H,18,19,20). The molecule has 0 bridgehead atoms. The van der Waals surface area contributed by atoms with Crippen molar-refractivity contribution in [2.45, 2.75) is 38.8 Å². The molecular weight excluding hydrogens is 316 g/mol. The van der Waals surface area contributed by atoms with E-state index in [0.717, 1.165) is 17.1 Å². The summed E-state index contributed by atoms with van der Waals surface area (Å²) in [5, 5.41) is 10.3. The van der Waals surface area contributed by atoms with Crippen LogP contribution in [0.2, 0.25) is 0 Å². The topological polar surface area (TPSA) is 116 Å². The summed E-state index contributed by atoms with van der Waals surface area (Å²) in [6.45, 7) is 6.00. The quantitative estimate of drug-likeness (QED) is 0.505. The first-order chi connectivity index (χ1) is 11.0. The second kappa shape index (κ2) is 7.91. The Morgan fingerprint density at radius 3 is 2.70 bits per heavy atom. The molecule has 0 aliphatic rings. The molecule has 0 saturated heterocycles. The summed E-state index contributed by atoms with van der Waals surface area (Å²) in [6.07, 6.45) is 0.917. The number of nitrogens with one attached hydrogen (secondary N) is 3. The zero-order valence-electron chi connectivity index (χ0n) is 13.4. The predicted molar refractivity (Wildman–Crippen MR) is 87.5 cm³/mol. The lowest BCUT2D eigenvalue weighted by Gasteiger charge is -2.08. The fourth-order valence-electron chi connectivity index (χ4n) is 2.17. The average Bonchev–Trinajstić information content (AvgIpc) is 2.88. The SMILES string of the molecule is Cc1nc(SCCNC(=O)CCc2c(C)nc(=O)[nH]c2C)n[nH]1. The van der Waals surface area contributed by atoms with Crippen molar-refractivity contribution in [1.29, 1.82) is 0 Å². The zero-order valence-corrected chi connectivity index (χ0v) is 14.2. The van der Waals surface area contributed by atoms with Gasteiger partial charge < -0.3 is 10.3 Å². The number of carbonyl (C=O) groups is 1. The molecule has 0 unspecified atom stereocenters. The molecule has 124 valence electrons. The Morgan fingerprint density at radius 2 is 2.04 bits per heavy atom. The van der Waals surface area contributed by atoms with Crippen molar-refractivity contribution in [3.63, 3.8) is 0 Å². The van der Waals surface area contributed by atoms with E-state index in [9.17, 15) is 9.59 Å². The van der Waals surface area contributed by atoms with E-state index in [2.05, 4.69) is 30.5 Å². The summed E-state index contributed by atoms with van der Waals surface area (Å²) in [6, 6.07) is 0. The third kappa shape index (κ3) is 5.20. The molecule has 2 heterocycles. The molecule has 2 aromatic rings. The van der Waals surface area contributed by atoms with E-state index in [0.29, 0.717) is 36.0 Å². The molecule has 23 heavy (non-hydrogen) atoms. The van der Waals surface area contributed by atoms with Gasteiger partial charge in [0, 0.05) is 30.1 Å². The van der Waals surface area contributed by atoms with E-state index in [1.807, 2.05) is 13.8 Å². The number of hydrogen-bond donors (Lipinski definition) is 3. The van der Waals surface area contributed by atoms with Gasteiger partial charge in [-0.2, -0.15) is 4.98 Å². The number of hydrogen-bond acceptors (Lipinski definition) is 6. The number of amides is 1. The monoisotopic (exact) mass is 336 g/mol. The maximum Gasteiger partial charge on any atom is 0.345 e. The van der Waals surface area contributed by atoms with Gasteiger partial charge in [0.15, 0.2) is 0 Å². The first-order valence-corrected chi connectivity index (χ1v) is 8.29. The third-order valence-corrected chi connectivity index (χ3v) is 4.14. The van der Waals surface area contributed by atoms with Crippen LogP contribution in [0, 0.1) is 20.8 Å². The first-order valence-electron chi connectivity index (χ1n) is 7.30. The van der Waals surface area contributed by atoms with E-state index in [-0.39, 0.29) is 11.6 Å². The van der Waals surface area contributed by atoms with Crippen LogP contribution in [0.15, 0.2) is 9.95 Å². The lowest BCUT2D eigenvalue weighted by Crippen LogP contribution is -2.26. The van der Waals surface area contributed by atoms with Gasteiger partial charge in [0.05, 0.1) is 0 Å². The molecule has 0 fully saturated rings. The third-order valence-electron chi connectivity index (χ3n) is 3.29. The van der Waals surface area contributed by atoms with Gasteiger partial charge >= 0.3 is 5.69 Å². The van der Waals surface area contributed by atoms with Crippen LogP contribution in [-0.4, -0.2) is 43.4 Å². The number of aromatic amines is 2. The molecule has 3 N–H and O–H groups in total. The van der Waals surface area contributed by atoms with Crippen LogP contribution in [0.5, 0.6) is 0 Å². The summed E-state index contributed by atoms with van der Waals surface area (Å²) >= 11 is 1.49. The Hall–Kier alpha value is -2.16. The Kier molecular flexibility index (Phi) is 5.91. The minimum Gasteiger partial charge on any atom is -0.355 e. The van der Waals surface area contributed by atoms with Crippen molar-refractivity contribution >= 4 is 17.7 Å². The lowest BCUT2D eigenvalue weighted by atomic mass is 10.1. The first kappa shape index (κ1) is 17.2. The van der Waals surface area contributed by atoms with Crippen molar-refractivity contribution in [3.8, 4) is 0 Å². The van der Waals surface area contributed by atoms with Crippen molar-refractivity contribution in [3.05, 3.63) is 33.3 Å². The predicted octanol–water partition coefficient (Wildman–Crippen LogP) is 0.654. The van der Waals surface area contributed by atoms with E-state index in [4.69, 9.17) is 0 Å². The highest BCUT2D eigenvalue weighted by atomic mass is 32.2. The summed E-state index contributed by atoms with van der Waals surface area (Å²) in [5.74, 6) is 1.46. The van der Waals surface area contributed by atoms with Gasteiger partial charge in [-0.1, -0.05) is 11.8 Å². The van der Waals surface area contributed by atoms with Crippen molar-refractivity contribution in [2.75, 3.05) is 12.3 Å². The van der Waals surface area contributed by atoms with Crippen LogP contribution in [0.4, 0.5) is 0 Å². The van der Waals surface area contributed by atoms with Crippen molar-refractivity contribution in [1.82, 2.24) is 30.5 Å². The molecule has 0 aliphatic heterocycles. The average molecular weight is 336 g/mol. The van der Waals surface area contributed by atoms with Gasteiger partial charge in [-0.25, -0.2) is 9.78 Å². The number of thioether (sulfide) groups is 1. The Morgan fingerprint density at radius 1 is 1.26 bits per heavy atom. The van der Waals surface area contributed by atoms with Gasteiger partial charge in [0.2, 0.25) is 11.1 Å². The molecule has 0 saturated carbocycles. The van der Waals surface area contributed by atoms with Gasteiger partial charge in [0.1, 0.15) is 5.82 Å².